The molecule has 0 unspecified atom stereocenters. The number of amides is 3. The van der Waals surface area contributed by atoms with Crippen molar-refractivity contribution < 1.29 is 9.59 Å². The molecule has 2 N–H and O–H groups in total. The van der Waals surface area contributed by atoms with E-state index in [-0.39, 0.29) is 11.9 Å². The minimum atomic E-state index is -0.493. The monoisotopic (exact) mass is 337 g/mol. The van der Waals surface area contributed by atoms with Crippen LogP contribution in [0.3, 0.4) is 0 Å². The third kappa shape index (κ3) is 3.82. The van der Waals surface area contributed by atoms with Gasteiger partial charge in [-0.2, -0.15) is 0 Å². The minimum Gasteiger partial charge on any atom is -0.326 e. The van der Waals surface area contributed by atoms with Crippen molar-refractivity contribution in [3.63, 3.8) is 0 Å². The van der Waals surface area contributed by atoms with Gasteiger partial charge in [0.1, 0.15) is 6.04 Å². The summed E-state index contributed by atoms with van der Waals surface area (Å²) in [5.74, 6) is -0.0698. The molecule has 1 aliphatic heterocycles. The van der Waals surface area contributed by atoms with Crippen LogP contribution < -0.4 is 15.5 Å². The number of urea groups is 1. The van der Waals surface area contributed by atoms with Gasteiger partial charge in [0.15, 0.2) is 0 Å². The number of carbonyl (C=O) groups is 2. The first-order valence-electron chi connectivity index (χ1n) is 8.47. The number of carbonyl (C=O) groups excluding carboxylic acids is 2. The lowest BCUT2D eigenvalue weighted by atomic mass is 10.1. The number of rotatable bonds is 3. The molecular weight excluding hydrogens is 314 g/mol. The Morgan fingerprint density at radius 3 is 2.40 bits per heavy atom. The van der Waals surface area contributed by atoms with Gasteiger partial charge in [0, 0.05) is 17.9 Å². The van der Waals surface area contributed by atoms with Gasteiger partial charge in [-0.05, 0) is 51.0 Å². The van der Waals surface area contributed by atoms with Gasteiger partial charge >= 0.3 is 6.03 Å². The third-order valence-electron chi connectivity index (χ3n) is 4.49. The van der Waals surface area contributed by atoms with Crippen LogP contribution in [0.5, 0.6) is 0 Å². The lowest BCUT2D eigenvalue weighted by Gasteiger charge is -2.18. The highest BCUT2D eigenvalue weighted by molar-refractivity contribution is 6.02. The number of nitrogens with zero attached hydrogens (tertiary/aromatic N) is 1. The van der Waals surface area contributed by atoms with E-state index in [0.29, 0.717) is 13.0 Å². The number of hydrogen-bond acceptors (Lipinski definition) is 2. The second kappa shape index (κ2) is 6.97. The highest BCUT2D eigenvalue weighted by atomic mass is 16.2. The Morgan fingerprint density at radius 2 is 1.72 bits per heavy atom. The Morgan fingerprint density at radius 1 is 1.04 bits per heavy atom. The van der Waals surface area contributed by atoms with Gasteiger partial charge < -0.3 is 15.5 Å². The summed E-state index contributed by atoms with van der Waals surface area (Å²) in [6.07, 6.45) is 0.604. The van der Waals surface area contributed by atoms with Crippen molar-refractivity contribution >= 4 is 23.3 Å². The third-order valence-corrected chi connectivity index (χ3v) is 4.49. The topological polar surface area (TPSA) is 61.4 Å². The van der Waals surface area contributed by atoms with Crippen LogP contribution in [-0.2, 0) is 4.79 Å². The van der Waals surface area contributed by atoms with Gasteiger partial charge in [-0.1, -0.05) is 35.4 Å². The van der Waals surface area contributed by atoms with E-state index in [1.54, 1.807) is 4.90 Å². The van der Waals surface area contributed by atoms with Crippen LogP contribution in [-0.4, -0.2) is 24.5 Å². The van der Waals surface area contributed by atoms with Crippen LogP contribution in [0.25, 0.3) is 0 Å². The Kier molecular flexibility index (Phi) is 4.74. The SMILES string of the molecule is Cc1ccc(N2CC[C@H](NC(=O)Nc3ccc(C)cc3C)C2=O)cc1. The summed E-state index contributed by atoms with van der Waals surface area (Å²) in [6, 6.07) is 12.8. The number of benzene rings is 2. The number of anilines is 2. The van der Waals surface area contributed by atoms with E-state index in [4.69, 9.17) is 0 Å². The van der Waals surface area contributed by atoms with E-state index in [1.807, 2.05) is 63.2 Å². The Labute approximate surface area is 148 Å². The molecule has 0 aliphatic carbocycles. The highest BCUT2D eigenvalue weighted by Crippen LogP contribution is 2.22. The number of hydrogen-bond donors (Lipinski definition) is 2. The largest absolute Gasteiger partial charge is 0.326 e. The van der Waals surface area contributed by atoms with Gasteiger partial charge in [0.25, 0.3) is 0 Å². The fourth-order valence-electron chi connectivity index (χ4n) is 3.07. The zero-order chi connectivity index (χ0) is 18.0. The van der Waals surface area contributed by atoms with Gasteiger partial charge in [-0.25, -0.2) is 4.79 Å². The summed E-state index contributed by atoms with van der Waals surface area (Å²) >= 11 is 0. The zero-order valence-corrected chi connectivity index (χ0v) is 14.8. The Bertz CT molecular complexity index is 799. The molecule has 0 radical (unpaired) electrons. The molecule has 5 nitrogen and oxygen atoms in total. The van der Waals surface area contributed by atoms with Gasteiger partial charge in [0.05, 0.1) is 0 Å². The zero-order valence-electron chi connectivity index (χ0n) is 14.8. The number of nitrogens with one attached hydrogen (secondary N) is 2. The van der Waals surface area contributed by atoms with Crippen molar-refractivity contribution in [2.24, 2.45) is 0 Å². The van der Waals surface area contributed by atoms with Crippen molar-refractivity contribution in [1.82, 2.24) is 5.32 Å². The van der Waals surface area contributed by atoms with Crippen molar-refractivity contribution in [3.05, 3.63) is 59.2 Å². The van der Waals surface area contributed by atoms with Crippen molar-refractivity contribution in [2.45, 2.75) is 33.2 Å². The lowest BCUT2D eigenvalue weighted by molar-refractivity contribution is -0.118. The lowest BCUT2D eigenvalue weighted by Crippen LogP contribution is -2.43. The maximum Gasteiger partial charge on any atom is 0.319 e. The van der Waals surface area contributed by atoms with Gasteiger partial charge in [0.2, 0.25) is 5.91 Å². The first kappa shape index (κ1) is 17.0. The summed E-state index contributed by atoms with van der Waals surface area (Å²) in [7, 11) is 0. The van der Waals surface area contributed by atoms with E-state index < -0.39 is 6.04 Å². The fourth-order valence-corrected chi connectivity index (χ4v) is 3.07. The van der Waals surface area contributed by atoms with Crippen molar-refractivity contribution in [1.29, 1.82) is 0 Å². The van der Waals surface area contributed by atoms with Crippen LogP contribution >= 0.6 is 0 Å². The molecule has 25 heavy (non-hydrogen) atoms. The van der Waals surface area contributed by atoms with E-state index in [0.717, 1.165) is 28.1 Å². The normalized spacial score (nSPS) is 16.8. The molecule has 2 aromatic carbocycles. The second-order valence-corrected chi connectivity index (χ2v) is 6.58. The predicted molar refractivity (Wildman–Crippen MR) is 100 cm³/mol. The van der Waals surface area contributed by atoms with Crippen LogP contribution in [0.4, 0.5) is 16.2 Å². The average molecular weight is 337 g/mol. The molecule has 5 heteroatoms. The molecule has 3 rings (SSSR count). The summed E-state index contributed by atoms with van der Waals surface area (Å²) in [5.41, 5.74) is 4.91. The van der Waals surface area contributed by atoms with Crippen LogP contribution in [0.15, 0.2) is 42.5 Å². The maximum atomic E-state index is 12.6. The Hall–Kier alpha value is -2.82. The highest BCUT2D eigenvalue weighted by Gasteiger charge is 2.33. The van der Waals surface area contributed by atoms with E-state index in [2.05, 4.69) is 10.6 Å². The van der Waals surface area contributed by atoms with Crippen LogP contribution in [0.2, 0.25) is 0 Å². The fraction of sp³-hybridized carbons (Fsp3) is 0.300. The quantitative estimate of drug-likeness (QED) is 0.900. The molecule has 2 aromatic rings. The maximum absolute atomic E-state index is 12.6. The molecule has 1 saturated heterocycles. The predicted octanol–water partition coefficient (Wildman–Crippen LogP) is 3.54. The standard InChI is InChI=1S/C20H23N3O2/c1-13-4-7-16(8-5-13)23-11-10-18(19(23)24)22-20(25)21-17-9-6-14(2)12-15(17)3/h4-9,12,18H,10-11H2,1-3H3,(H2,21,22,25)/t18-/m0/s1. The molecule has 0 bridgehead atoms. The average Bonchev–Trinajstić information content (AvgIpc) is 2.92. The molecule has 1 heterocycles. The van der Waals surface area contributed by atoms with E-state index in [1.165, 1.54) is 0 Å². The molecule has 1 aliphatic rings. The van der Waals surface area contributed by atoms with Crippen molar-refractivity contribution in [2.75, 3.05) is 16.8 Å². The molecule has 1 atom stereocenters. The van der Waals surface area contributed by atoms with E-state index in [9.17, 15) is 9.59 Å². The first-order valence-corrected chi connectivity index (χ1v) is 8.47. The molecular formula is C20H23N3O2. The smallest absolute Gasteiger partial charge is 0.319 e. The van der Waals surface area contributed by atoms with E-state index >= 15 is 0 Å². The van der Waals surface area contributed by atoms with Crippen LogP contribution in [0.1, 0.15) is 23.1 Å². The van der Waals surface area contributed by atoms with Gasteiger partial charge in [-0.3, -0.25) is 4.79 Å². The summed E-state index contributed by atoms with van der Waals surface area (Å²) < 4.78 is 0. The van der Waals surface area contributed by atoms with Crippen LogP contribution in [0, 0.1) is 20.8 Å². The number of aryl methyl sites for hydroxylation is 3. The first-order chi connectivity index (χ1) is 11.9. The summed E-state index contributed by atoms with van der Waals surface area (Å²) in [5, 5.41) is 5.61. The molecule has 130 valence electrons. The second-order valence-electron chi connectivity index (χ2n) is 6.58. The molecule has 1 fully saturated rings. The molecule has 0 saturated carbocycles. The summed E-state index contributed by atoms with van der Waals surface area (Å²) in [4.78, 5) is 26.5. The summed E-state index contributed by atoms with van der Waals surface area (Å²) in [6.45, 7) is 6.57. The molecule has 3 amide bonds. The Balaban J connectivity index is 1.62. The van der Waals surface area contributed by atoms with Gasteiger partial charge in [-0.15, -0.1) is 0 Å². The van der Waals surface area contributed by atoms with Crippen molar-refractivity contribution in [3.8, 4) is 0 Å². The molecule has 0 spiro atoms. The molecule has 0 aromatic heterocycles. The minimum absolute atomic E-state index is 0.0698.